The summed E-state index contributed by atoms with van der Waals surface area (Å²) in [4.78, 5) is 88.5. The number of piperazine rings is 1. The number of urea groups is 1. The molecular formula is C44H49N9O7. The molecule has 0 radical (unpaired) electrons. The second-order valence-electron chi connectivity index (χ2n) is 16.1. The lowest BCUT2D eigenvalue weighted by molar-refractivity contribution is -0.136. The van der Waals surface area contributed by atoms with Crippen molar-refractivity contribution < 1.29 is 33.5 Å². The molecule has 7 amide bonds. The molecule has 0 bridgehead atoms. The molecule has 3 aromatic carbocycles. The van der Waals surface area contributed by atoms with Crippen LogP contribution < -0.4 is 20.9 Å². The standard InChI is InChI=1S/C44H49N9O7/c1-27(54)51-21-22-52-36(26-51)39(48-40(52)28-13-23-60-24-14-28)32-6-2-5-29-25-30(9-10-31(29)32)49-17-19-50(20-18-49)44(59)46-16-4-15-45-34-8-3-7-33-38(34)43(58)53(42(33)57)35-11-12-37(55)47-41(35)56/h2-3,5-10,25,28,35,45H,4,11-24,26H2,1H3,(H,46,59)(H,47,55,56). The second kappa shape index (κ2) is 16.4. The molecule has 0 spiro atoms. The van der Waals surface area contributed by atoms with E-state index in [9.17, 15) is 28.8 Å². The highest BCUT2D eigenvalue weighted by Gasteiger charge is 2.45. The number of rotatable bonds is 9. The highest BCUT2D eigenvalue weighted by atomic mass is 16.5. The summed E-state index contributed by atoms with van der Waals surface area (Å²) in [5, 5.41) is 10.7. The van der Waals surface area contributed by atoms with Crippen LogP contribution in [0.3, 0.4) is 0 Å². The van der Waals surface area contributed by atoms with Crippen molar-refractivity contribution in [3.63, 3.8) is 0 Å². The van der Waals surface area contributed by atoms with Gasteiger partial charge in [0.15, 0.2) is 0 Å². The summed E-state index contributed by atoms with van der Waals surface area (Å²) in [7, 11) is 0. The van der Waals surface area contributed by atoms with Crippen LogP contribution >= 0.6 is 0 Å². The average molecular weight is 816 g/mol. The molecule has 312 valence electrons. The summed E-state index contributed by atoms with van der Waals surface area (Å²) in [5.74, 6) is -0.678. The number of carbonyl (C=O) groups excluding carboxylic acids is 6. The van der Waals surface area contributed by atoms with E-state index in [-0.39, 0.29) is 35.9 Å². The van der Waals surface area contributed by atoms with Gasteiger partial charge in [0.05, 0.1) is 29.1 Å². The third kappa shape index (κ3) is 7.33. The molecule has 60 heavy (non-hydrogen) atoms. The number of nitrogens with zero attached hydrogens (tertiary/aromatic N) is 6. The SMILES string of the molecule is CC(=O)N1CCn2c(C3CCOCC3)nc(-c3cccc4cc(N5CCN(C(=O)NCCCNc6cccc7c6C(=O)N(C6CCC(=O)NC6=O)C7=O)CC5)ccc34)c2C1. The van der Waals surface area contributed by atoms with Crippen LogP contribution in [0.1, 0.15) is 77.2 Å². The summed E-state index contributed by atoms with van der Waals surface area (Å²) >= 11 is 0. The number of fused-ring (bicyclic) bond motifs is 3. The van der Waals surface area contributed by atoms with Gasteiger partial charge in [-0.2, -0.15) is 0 Å². The zero-order valence-corrected chi connectivity index (χ0v) is 33.7. The molecule has 3 saturated heterocycles. The summed E-state index contributed by atoms with van der Waals surface area (Å²) in [5.41, 5.74) is 5.10. The highest BCUT2D eigenvalue weighted by Crippen LogP contribution is 2.38. The maximum atomic E-state index is 13.4. The number of imide groups is 2. The van der Waals surface area contributed by atoms with Gasteiger partial charge >= 0.3 is 6.03 Å². The van der Waals surface area contributed by atoms with E-state index < -0.39 is 29.7 Å². The molecule has 1 unspecified atom stereocenters. The second-order valence-corrected chi connectivity index (χ2v) is 16.1. The largest absolute Gasteiger partial charge is 0.384 e. The van der Waals surface area contributed by atoms with Gasteiger partial charge in [0, 0.05) is 102 Å². The van der Waals surface area contributed by atoms with E-state index in [1.807, 2.05) is 9.80 Å². The Morgan fingerprint density at radius 1 is 0.850 bits per heavy atom. The first-order chi connectivity index (χ1) is 29.2. The fourth-order valence-corrected chi connectivity index (χ4v) is 9.27. The van der Waals surface area contributed by atoms with Crippen molar-refractivity contribution in [2.45, 2.75) is 64.1 Å². The summed E-state index contributed by atoms with van der Waals surface area (Å²) < 4.78 is 8.02. The van der Waals surface area contributed by atoms with E-state index in [1.165, 1.54) is 0 Å². The lowest BCUT2D eigenvalue weighted by atomic mass is 9.99. The quantitative estimate of drug-likeness (QED) is 0.167. The first-order valence-electron chi connectivity index (χ1n) is 21.0. The van der Waals surface area contributed by atoms with Crippen LogP contribution in [0.2, 0.25) is 0 Å². The van der Waals surface area contributed by atoms with Gasteiger partial charge in [0.1, 0.15) is 11.9 Å². The fourth-order valence-electron chi connectivity index (χ4n) is 9.27. The van der Waals surface area contributed by atoms with Gasteiger partial charge < -0.3 is 34.6 Å². The minimum atomic E-state index is -1.03. The number of nitrogens with one attached hydrogen (secondary N) is 3. The van der Waals surface area contributed by atoms with Crippen molar-refractivity contribution in [3.8, 4) is 11.3 Å². The van der Waals surface area contributed by atoms with Gasteiger partial charge in [0.2, 0.25) is 17.7 Å². The molecule has 16 nitrogen and oxygen atoms in total. The Morgan fingerprint density at radius 3 is 2.40 bits per heavy atom. The number of carbonyl (C=O) groups is 6. The van der Waals surface area contributed by atoms with Crippen molar-refractivity contribution in [2.75, 3.05) is 69.2 Å². The molecule has 16 heteroatoms. The minimum absolute atomic E-state index is 0.0559. The number of hydrogen-bond acceptors (Lipinski definition) is 10. The molecule has 0 saturated carbocycles. The van der Waals surface area contributed by atoms with Crippen LogP contribution in [0.15, 0.2) is 54.6 Å². The number of aromatic nitrogens is 2. The molecule has 3 N–H and O–H groups in total. The number of imidazole rings is 1. The molecule has 1 aromatic heterocycles. The van der Waals surface area contributed by atoms with E-state index in [0.717, 1.165) is 76.7 Å². The van der Waals surface area contributed by atoms with Crippen LogP contribution in [0.5, 0.6) is 0 Å². The highest BCUT2D eigenvalue weighted by molar-refractivity contribution is 6.25. The van der Waals surface area contributed by atoms with Crippen molar-refractivity contribution in [2.24, 2.45) is 0 Å². The van der Waals surface area contributed by atoms with Crippen molar-refractivity contribution in [1.29, 1.82) is 0 Å². The van der Waals surface area contributed by atoms with E-state index in [1.54, 1.807) is 25.1 Å². The fraction of sp³-hybridized carbons (Fsp3) is 0.432. The third-order valence-electron chi connectivity index (χ3n) is 12.5. The first kappa shape index (κ1) is 39.2. The Balaban J connectivity index is 0.794. The van der Waals surface area contributed by atoms with Crippen LogP contribution in [-0.2, 0) is 32.2 Å². The summed E-state index contributed by atoms with van der Waals surface area (Å²) in [6, 6.07) is 16.7. The summed E-state index contributed by atoms with van der Waals surface area (Å²) in [6.45, 7) is 8.43. The van der Waals surface area contributed by atoms with E-state index in [0.29, 0.717) is 70.4 Å². The molecule has 4 aromatic rings. The van der Waals surface area contributed by atoms with E-state index >= 15 is 0 Å². The molecule has 9 rings (SSSR count). The maximum Gasteiger partial charge on any atom is 0.317 e. The maximum absolute atomic E-state index is 13.4. The van der Waals surface area contributed by atoms with Crippen LogP contribution in [0, 0.1) is 0 Å². The molecule has 3 fully saturated rings. The topological polar surface area (TPSA) is 179 Å². The van der Waals surface area contributed by atoms with Gasteiger partial charge in [-0.15, -0.1) is 0 Å². The predicted octanol–water partition coefficient (Wildman–Crippen LogP) is 3.69. The lowest BCUT2D eigenvalue weighted by Gasteiger charge is -2.36. The smallest absolute Gasteiger partial charge is 0.317 e. The van der Waals surface area contributed by atoms with Gasteiger partial charge in [-0.25, -0.2) is 9.78 Å². The zero-order valence-electron chi connectivity index (χ0n) is 33.7. The van der Waals surface area contributed by atoms with E-state index in [2.05, 4.69) is 61.8 Å². The number of hydrogen-bond donors (Lipinski definition) is 3. The molecule has 5 aliphatic heterocycles. The Kier molecular flexibility index (Phi) is 10.7. The van der Waals surface area contributed by atoms with Gasteiger partial charge in [-0.1, -0.05) is 30.3 Å². The van der Waals surface area contributed by atoms with Crippen molar-refractivity contribution in [3.05, 3.63) is 77.2 Å². The zero-order chi connectivity index (χ0) is 41.5. The van der Waals surface area contributed by atoms with Gasteiger partial charge in [0.25, 0.3) is 11.8 Å². The Hall–Kier alpha value is -6.29. The Morgan fingerprint density at radius 2 is 1.62 bits per heavy atom. The third-order valence-corrected chi connectivity index (χ3v) is 12.5. The molecule has 5 aliphatic rings. The normalized spacial score (nSPS) is 19.7. The average Bonchev–Trinajstić information content (AvgIpc) is 3.77. The lowest BCUT2D eigenvalue weighted by Crippen LogP contribution is -2.54. The number of piperidine rings is 1. The van der Waals surface area contributed by atoms with Gasteiger partial charge in [-0.05, 0) is 60.7 Å². The van der Waals surface area contributed by atoms with Crippen LogP contribution in [0.4, 0.5) is 16.2 Å². The van der Waals surface area contributed by atoms with E-state index in [4.69, 9.17) is 9.72 Å². The number of ether oxygens (including phenoxy) is 1. The van der Waals surface area contributed by atoms with Crippen molar-refractivity contribution in [1.82, 2.24) is 34.9 Å². The Labute approximate surface area is 347 Å². The monoisotopic (exact) mass is 815 g/mol. The van der Waals surface area contributed by atoms with Gasteiger partial charge in [-0.3, -0.25) is 34.2 Å². The number of anilines is 2. The Bertz CT molecular complexity index is 2400. The van der Waals surface area contributed by atoms with Crippen molar-refractivity contribution >= 4 is 57.7 Å². The summed E-state index contributed by atoms with van der Waals surface area (Å²) in [6.07, 6.45) is 2.61. The molecule has 1 atom stereocenters. The predicted molar refractivity (Wildman–Crippen MR) is 222 cm³/mol. The molecular weight excluding hydrogens is 767 g/mol. The molecule has 0 aliphatic carbocycles. The molecule has 6 heterocycles. The number of amides is 7. The minimum Gasteiger partial charge on any atom is -0.384 e. The van der Waals surface area contributed by atoms with Crippen LogP contribution in [-0.4, -0.2) is 125 Å². The number of benzene rings is 3. The first-order valence-corrected chi connectivity index (χ1v) is 21.0. The van der Waals surface area contributed by atoms with Crippen LogP contribution in [0.25, 0.3) is 22.0 Å².